The van der Waals surface area contributed by atoms with Crippen molar-refractivity contribution < 1.29 is 35.7 Å². The maximum Gasteiger partial charge on any atom is 0.563 e. The fraction of sp³-hybridized carbons (Fsp3) is 0.400. The fourth-order valence-electron chi connectivity index (χ4n) is 3.28. The Kier molecular flexibility index (Phi) is 6.17. The lowest BCUT2D eigenvalue weighted by molar-refractivity contribution is -0.142. The summed E-state index contributed by atoms with van der Waals surface area (Å²) in [6.45, 7) is 2.03. The quantitative estimate of drug-likeness (QED) is 0.331. The summed E-state index contributed by atoms with van der Waals surface area (Å²) in [7, 11) is -1.36. The van der Waals surface area contributed by atoms with Crippen molar-refractivity contribution in [3.8, 4) is 5.75 Å². The van der Waals surface area contributed by atoms with Gasteiger partial charge in [0.15, 0.2) is 0 Å². The normalized spacial score (nSPS) is 17.1. The molecule has 1 aliphatic rings. The van der Waals surface area contributed by atoms with Crippen molar-refractivity contribution in [3.63, 3.8) is 0 Å². The van der Waals surface area contributed by atoms with Gasteiger partial charge in [-0.05, 0) is 36.1 Å². The molecule has 1 heterocycles. The molecule has 0 aliphatic carbocycles. The Bertz CT molecular complexity index is 817. The Hall–Kier alpha value is -2.16. The highest BCUT2D eigenvalue weighted by atomic mass is 19.4. The Morgan fingerprint density at radius 3 is 2.10 bits per heavy atom. The molecule has 0 spiro atoms. The van der Waals surface area contributed by atoms with Gasteiger partial charge in [0.1, 0.15) is 5.75 Å². The zero-order chi connectivity index (χ0) is 21.2. The van der Waals surface area contributed by atoms with Gasteiger partial charge >= 0.3 is 19.5 Å². The SMILES string of the molecule is CCCCCC1OB(c2cc(C(F)(F)F)cc(C(F)(F)F)c2)Oc2ccccc21. The van der Waals surface area contributed by atoms with Crippen molar-refractivity contribution in [3.05, 3.63) is 59.2 Å². The molecule has 9 heteroatoms. The summed E-state index contributed by atoms with van der Waals surface area (Å²) < 4.78 is 90.5. The minimum atomic E-state index is -4.93. The summed E-state index contributed by atoms with van der Waals surface area (Å²) in [5.74, 6) is 0.399. The van der Waals surface area contributed by atoms with Crippen molar-refractivity contribution in [1.82, 2.24) is 0 Å². The summed E-state index contributed by atoms with van der Waals surface area (Å²) in [5.41, 5.74) is -2.36. The van der Waals surface area contributed by atoms with Crippen molar-refractivity contribution in [1.29, 1.82) is 0 Å². The largest absolute Gasteiger partial charge is 0.563 e. The minimum absolute atomic E-state index is 0.0962. The molecule has 2 aromatic rings. The number of benzene rings is 2. The standard InChI is InChI=1S/C20H19BF6O2/c1-2-3-4-8-17-16-7-5-6-9-18(16)29-21(28-17)15-11-13(19(22,23)24)10-14(12-15)20(25,26)27/h5-7,9-12,17H,2-4,8H2,1H3. The Morgan fingerprint density at radius 1 is 0.897 bits per heavy atom. The van der Waals surface area contributed by atoms with Crippen LogP contribution < -0.4 is 10.1 Å². The third kappa shape index (κ3) is 5.07. The fourth-order valence-corrected chi connectivity index (χ4v) is 3.28. The highest BCUT2D eigenvalue weighted by Crippen LogP contribution is 2.38. The van der Waals surface area contributed by atoms with Gasteiger partial charge in [-0.3, -0.25) is 0 Å². The van der Waals surface area contributed by atoms with E-state index in [1.807, 2.05) is 6.92 Å². The summed E-state index contributed by atoms with van der Waals surface area (Å²) in [6.07, 6.45) is -7.01. The predicted molar refractivity (Wildman–Crippen MR) is 96.9 cm³/mol. The molecule has 0 aromatic heterocycles. The number of alkyl halides is 6. The first kappa shape index (κ1) is 21.6. The Morgan fingerprint density at radius 2 is 1.52 bits per heavy atom. The Labute approximate surface area is 165 Å². The molecule has 0 fully saturated rings. The van der Waals surface area contributed by atoms with Gasteiger partial charge in [0.05, 0.1) is 17.2 Å². The number of para-hydroxylation sites is 1. The molecule has 0 radical (unpaired) electrons. The first-order valence-corrected chi connectivity index (χ1v) is 9.30. The molecule has 1 aliphatic heterocycles. The van der Waals surface area contributed by atoms with Gasteiger partial charge in [0.2, 0.25) is 0 Å². The van der Waals surface area contributed by atoms with Crippen LogP contribution in [0.4, 0.5) is 26.3 Å². The zero-order valence-corrected chi connectivity index (χ0v) is 15.6. The van der Waals surface area contributed by atoms with Crippen molar-refractivity contribution >= 4 is 12.6 Å². The molecule has 0 saturated heterocycles. The van der Waals surface area contributed by atoms with Crippen LogP contribution in [-0.2, 0) is 17.0 Å². The van der Waals surface area contributed by atoms with Crippen molar-refractivity contribution in [2.24, 2.45) is 0 Å². The van der Waals surface area contributed by atoms with E-state index in [-0.39, 0.29) is 11.5 Å². The number of hydrogen-bond donors (Lipinski definition) is 0. The number of unbranched alkanes of at least 4 members (excludes halogenated alkanes) is 2. The van der Waals surface area contributed by atoms with E-state index in [0.29, 0.717) is 24.3 Å². The average Bonchev–Trinajstić information content (AvgIpc) is 2.66. The van der Waals surface area contributed by atoms with E-state index in [2.05, 4.69) is 0 Å². The zero-order valence-electron chi connectivity index (χ0n) is 15.6. The van der Waals surface area contributed by atoms with Gasteiger partial charge in [-0.1, -0.05) is 44.4 Å². The van der Waals surface area contributed by atoms with Gasteiger partial charge in [-0.25, -0.2) is 0 Å². The third-order valence-corrected chi connectivity index (χ3v) is 4.74. The maximum atomic E-state index is 13.2. The average molecular weight is 416 g/mol. The van der Waals surface area contributed by atoms with Crippen LogP contribution in [-0.4, -0.2) is 7.12 Å². The molecule has 2 aromatic carbocycles. The van der Waals surface area contributed by atoms with E-state index >= 15 is 0 Å². The summed E-state index contributed by atoms with van der Waals surface area (Å²) in [4.78, 5) is 0. The van der Waals surface area contributed by atoms with Gasteiger partial charge < -0.3 is 9.31 Å². The molecule has 3 rings (SSSR count). The topological polar surface area (TPSA) is 18.5 Å². The summed E-state index contributed by atoms with van der Waals surface area (Å²) in [6, 6.07) is 8.29. The predicted octanol–water partition coefficient (Wildman–Crippen LogP) is 6.15. The van der Waals surface area contributed by atoms with E-state index in [9.17, 15) is 26.3 Å². The maximum absolute atomic E-state index is 13.2. The smallest absolute Gasteiger partial charge is 0.532 e. The Balaban J connectivity index is 1.99. The van der Waals surface area contributed by atoms with Crippen LogP contribution in [0.25, 0.3) is 0 Å². The first-order chi connectivity index (χ1) is 13.6. The lowest BCUT2D eigenvalue weighted by Gasteiger charge is -2.31. The number of rotatable bonds is 5. The van der Waals surface area contributed by atoms with Crippen LogP contribution >= 0.6 is 0 Å². The molecule has 2 nitrogen and oxygen atoms in total. The van der Waals surface area contributed by atoms with Crippen LogP contribution in [0.2, 0.25) is 0 Å². The van der Waals surface area contributed by atoms with Gasteiger partial charge in [0.25, 0.3) is 0 Å². The first-order valence-electron chi connectivity index (χ1n) is 9.30. The lowest BCUT2D eigenvalue weighted by Crippen LogP contribution is -2.44. The van der Waals surface area contributed by atoms with Crippen LogP contribution in [0.1, 0.15) is 55.4 Å². The number of fused-ring (bicyclic) bond motifs is 1. The van der Waals surface area contributed by atoms with E-state index < -0.39 is 36.7 Å². The molecule has 0 bridgehead atoms. The molecule has 156 valence electrons. The van der Waals surface area contributed by atoms with Crippen molar-refractivity contribution in [2.75, 3.05) is 0 Å². The molecular weight excluding hydrogens is 397 g/mol. The minimum Gasteiger partial charge on any atom is -0.532 e. The number of halogens is 6. The van der Waals surface area contributed by atoms with E-state index in [1.165, 1.54) is 0 Å². The third-order valence-electron chi connectivity index (χ3n) is 4.74. The van der Waals surface area contributed by atoms with Gasteiger partial charge in [0, 0.05) is 5.56 Å². The second-order valence-corrected chi connectivity index (χ2v) is 6.95. The molecular formula is C20H19BF6O2. The second kappa shape index (κ2) is 8.30. The second-order valence-electron chi connectivity index (χ2n) is 6.95. The summed E-state index contributed by atoms with van der Waals surface area (Å²) >= 11 is 0. The van der Waals surface area contributed by atoms with Crippen LogP contribution in [0, 0.1) is 0 Å². The molecule has 0 amide bonds. The van der Waals surface area contributed by atoms with E-state index in [0.717, 1.165) is 24.8 Å². The van der Waals surface area contributed by atoms with Crippen LogP contribution in [0.3, 0.4) is 0 Å². The van der Waals surface area contributed by atoms with Gasteiger partial charge in [-0.15, -0.1) is 0 Å². The van der Waals surface area contributed by atoms with E-state index in [1.54, 1.807) is 24.3 Å². The molecule has 1 atom stereocenters. The van der Waals surface area contributed by atoms with Crippen LogP contribution in [0.15, 0.2) is 42.5 Å². The molecule has 0 N–H and O–H groups in total. The summed E-state index contributed by atoms with van der Waals surface area (Å²) in [5, 5.41) is 0. The van der Waals surface area contributed by atoms with Crippen molar-refractivity contribution in [2.45, 2.75) is 51.1 Å². The lowest BCUT2D eigenvalue weighted by atomic mass is 9.75. The molecule has 29 heavy (non-hydrogen) atoms. The van der Waals surface area contributed by atoms with E-state index in [4.69, 9.17) is 9.31 Å². The highest BCUT2D eigenvalue weighted by Gasteiger charge is 2.41. The van der Waals surface area contributed by atoms with Gasteiger partial charge in [-0.2, -0.15) is 26.3 Å². The molecule has 1 unspecified atom stereocenters. The molecule has 0 saturated carbocycles. The highest BCUT2D eigenvalue weighted by molar-refractivity contribution is 6.62. The van der Waals surface area contributed by atoms with Crippen LogP contribution in [0.5, 0.6) is 5.75 Å². The number of hydrogen-bond acceptors (Lipinski definition) is 2. The monoisotopic (exact) mass is 416 g/mol.